The van der Waals surface area contributed by atoms with Crippen molar-refractivity contribution >= 4 is 34.8 Å². The van der Waals surface area contributed by atoms with E-state index in [1.807, 2.05) is 0 Å². The molecule has 1 heterocycles. The van der Waals surface area contributed by atoms with Gasteiger partial charge in [0, 0.05) is 14.1 Å². The van der Waals surface area contributed by atoms with Gasteiger partial charge in [0.25, 0.3) is 0 Å². The molecule has 0 aliphatic rings. The lowest BCUT2D eigenvalue weighted by Crippen LogP contribution is -2.15. The fourth-order valence-corrected chi connectivity index (χ4v) is 2.80. The molecule has 1 aromatic carbocycles. The highest BCUT2D eigenvalue weighted by Crippen LogP contribution is 2.35. The summed E-state index contributed by atoms with van der Waals surface area (Å²) in [6.07, 6.45) is 0. The summed E-state index contributed by atoms with van der Waals surface area (Å²) in [7, 11) is 4.50. The van der Waals surface area contributed by atoms with E-state index in [2.05, 4.69) is 16.5 Å². The highest BCUT2D eigenvalue weighted by Gasteiger charge is 2.25. The molecule has 7 nitrogen and oxygen atoms in total. The van der Waals surface area contributed by atoms with Crippen molar-refractivity contribution in [2.45, 2.75) is 6.92 Å². The fourth-order valence-electron chi connectivity index (χ4n) is 2.49. The second-order valence-corrected chi connectivity index (χ2v) is 6.06. The molecule has 0 aliphatic heterocycles. The Labute approximate surface area is 161 Å². The standard InChI is InChI=1S/C18H20ClFN4O3/c1-6-27-9(2)12-14(18(25)26-5)22-17(23-16(12)21)10-7-8-11(19)15(13(10)20)24(3)4/h7-8H,2,6H2,1,3-5H3,(H2,21,22,23). The Morgan fingerprint density at radius 1 is 1.37 bits per heavy atom. The molecule has 0 saturated carbocycles. The van der Waals surface area contributed by atoms with Gasteiger partial charge in [0.2, 0.25) is 0 Å². The van der Waals surface area contributed by atoms with Gasteiger partial charge < -0.3 is 20.1 Å². The van der Waals surface area contributed by atoms with Crippen molar-refractivity contribution in [2.75, 3.05) is 38.4 Å². The van der Waals surface area contributed by atoms with Crippen LogP contribution < -0.4 is 10.6 Å². The van der Waals surface area contributed by atoms with Gasteiger partial charge in [-0.15, -0.1) is 0 Å². The van der Waals surface area contributed by atoms with E-state index in [1.165, 1.54) is 24.1 Å². The van der Waals surface area contributed by atoms with E-state index >= 15 is 0 Å². The van der Waals surface area contributed by atoms with Crippen LogP contribution in [0.4, 0.5) is 15.9 Å². The maximum Gasteiger partial charge on any atom is 0.357 e. The maximum absolute atomic E-state index is 15.0. The number of hydrogen-bond acceptors (Lipinski definition) is 7. The molecule has 0 fully saturated rings. The zero-order valence-corrected chi connectivity index (χ0v) is 16.2. The van der Waals surface area contributed by atoms with Crippen LogP contribution in [-0.2, 0) is 9.47 Å². The fraction of sp³-hybridized carbons (Fsp3) is 0.278. The number of methoxy groups -OCH3 is 1. The number of nitrogen functional groups attached to an aromatic ring is 1. The Bertz CT molecular complexity index is 903. The number of nitrogens with zero attached hydrogens (tertiary/aromatic N) is 3. The number of aromatic nitrogens is 2. The Morgan fingerprint density at radius 3 is 2.59 bits per heavy atom. The Hall–Kier alpha value is -2.87. The summed E-state index contributed by atoms with van der Waals surface area (Å²) in [5.74, 6) is -1.46. The molecule has 2 N–H and O–H groups in total. The SMILES string of the molecule is C=C(OCC)c1c(N)nc(-c2ccc(Cl)c(N(C)C)c2F)nc1C(=O)OC. The van der Waals surface area contributed by atoms with E-state index < -0.39 is 11.8 Å². The highest BCUT2D eigenvalue weighted by atomic mass is 35.5. The molecule has 2 rings (SSSR count). The quantitative estimate of drug-likeness (QED) is 0.593. The van der Waals surface area contributed by atoms with E-state index in [9.17, 15) is 9.18 Å². The molecule has 144 valence electrons. The van der Waals surface area contributed by atoms with Gasteiger partial charge in [0.15, 0.2) is 17.3 Å². The number of carbonyl (C=O) groups excluding carboxylic acids is 1. The predicted molar refractivity (Wildman–Crippen MR) is 103 cm³/mol. The molecule has 0 unspecified atom stereocenters. The third kappa shape index (κ3) is 3.95. The number of halogens is 2. The van der Waals surface area contributed by atoms with Gasteiger partial charge in [0.1, 0.15) is 11.6 Å². The van der Waals surface area contributed by atoms with E-state index in [1.54, 1.807) is 21.0 Å². The van der Waals surface area contributed by atoms with Gasteiger partial charge >= 0.3 is 5.97 Å². The Kier molecular flexibility index (Phi) is 6.22. The first-order valence-corrected chi connectivity index (χ1v) is 8.34. The van der Waals surface area contributed by atoms with Crippen molar-refractivity contribution in [1.82, 2.24) is 9.97 Å². The van der Waals surface area contributed by atoms with Crippen LogP contribution in [-0.4, -0.2) is 43.7 Å². The number of esters is 1. The van der Waals surface area contributed by atoms with Crippen molar-refractivity contribution < 1.29 is 18.7 Å². The molecule has 0 saturated heterocycles. The molecule has 0 atom stereocenters. The van der Waals surface area contributed by atoms with E-state index in [0.717, 1.165) is 0 Å². The van der Waals surface area contributed by atoms with E-state index in [0.29, 0.717) is 6.61 Å². The lowest BCUT2D eigenvalue weighted by atomic mass is 10.1. The van der Waals surface area contributed by atoms with Crippen LogP contribution in [0.2, 0.25) is 5.02 Å². The summed E-state index contributed by atoms with van der Waals surface area (Å²) in [5.41, 5.74) is 6.14. The summed E-state index contributed by atoms with van der Waals surface area (Å²) >= 11 is 6.07. The monoisotopic (exact) mass is 394 g/mol. The molecule has 27 heavy (non-hydrogen) atoms. The third-order valence-corrected chi connectivity index (χ3v) is 3.97. The lowest BCUT2D eigenvalue weighted by Gasteiger charge is -2.18. The van der Waals surface area contributed by atoms with Gasteiger partial charge in [-0.2, -0.15) is 0 Å². The second-order valence-electron chi connectivity index (χ2n) is 5.66. The molecular weight excluding hydrogens is 375 g/mol. The molecule has 0 amide bonds. The normalized spacial score (nSPS) is 10.4. The van der Waals surface area contributed by atoms with Crippen LogP contribution >= 0.6 is 11.6 Å². The number of benzene rings is 1. The first-order chi connectivity index (χ1) is 12.7. The first-order valence-electron chi connectivity index (χ1n) is 7.96. The number of ether oxygens (including phenoxy) is 2. The van der Waals surface area contributed by atoms with Crippen LogP contribution in [0.5, 0.6) is 0 Å². The third-order valence-electron chi connectivity index (χ3n) is 3.67. The zero-order valence-electron chi connectivity index (χ0n) is 15.5. The minimum absolute atomic E-state index is 0.0357. The van der Waals surface area contributed by atoms with Crippen molar-refractivity contribution in [1.29, 1.82) is 0 Å². The Balaban J connectivity index is 2.74. The number of nitrogens with two attached hydrogens (primary N) is 1. The molecule has 0 aliphatic carbocycles. The van der Waals surface area contributed by atoms with Gasteiger partial charge in [-0.3, -0.25) is 0 Å². The summed E-state index contributed by atoms with van der Waals surface area (Å²) in [6, 6.07) is 2.93. The largest absolute Gasteiger partial charge is 0.494 e. The molecule has 9 heteroatoms. The van der Waals surface area contributed by atoms with Crippen molar-refractivity contribution in [3.8, 4) is 11.4 Å². The molecule has 1 aromatic heterocycles. The molecule has 0 radical (unpaired) electrons. The van der Waals surface area contributed by atoms with E-state index in [-0.39, 0.29) is 44.9 Å². The van der Waals surface area contributed by atoms with Crippen molar-refractivity contribution in [3.05, 3.63) is 40.8 Å². The number of carbonyl (C=O) groups is 1. The van der Waals surface area contributed by atoms with Gasteiger partial charge in [-0.1, -0.05) is 18.2 Å². The summed E-state index contributed by atoms with van der Waals surface area (Å²) in [5, 5.41) is 0.226. The molecule has 0 spiro atoms. The lowest BCUT2D eigenvalue weighted by molar-refractivity contribution is 0.0593. The highest BCUT2D eigenvalue weighted by molar-refractivity contribution is 6.33. The summed E-state index contributed by atoms with van der Waals surface area (Å²) < 4.78 is 25.1. The number of hydrogen-bond donors (Lipinski definition) is 1. The average Bonchev–Trinajstić information content (AvgIpc) is 2.60. The summed E-state index contributed by atoms with van der Waals surface area (Å²) in [6.45, 7) is 5.79. The first kappa shape index (κ1) is 20.4. The van der Waals surface area contributed by atoms with Crippen LogP contribution in [0.15, 0.2) is 18.7 Å². The van der Waals surface area contributed by atoms with Crippen LogP contribution in [0.3, 0.4) is 0 Å². The van der Waals surface area contributed by atoms with Crippen LogP contribution in [0.25, 0.3) is 17.1 Å². The molecule has 2 aromatic rings. The van der Waals surface area contributed by atoms with Crippen LogP contribution in [0.1, 0.15) is 23.0 Å². The maximum atomic E-state index is 15.0. The topological polar surface area (TPSA) is 90.6 Å². The minimum atomic E-state index is -0.775. The number of rotatable bonds is 6. The molecular formula is C18H20ClFN4O3. The predicted octanol–water partition coefficient (Wildman–Crippen LogP) is 3.38. The van der Waals surface area contributed by atoms with Gasteiger partial charge in [-0.05, 0) is 19.1 Å². The number of anilines is 2. The molecule has 0 bridgehead atoms. The van der Waals surface area contributed by atoms with Gasteiger partial charge in [0.05, 0.1) is 35.6 Å². The van der Waals surface area contributed by atoms with Gasteiger partial charge in [-0.25, -0.2) is 19.2 Å². The smallest absolute Gasteiger partial charge is 0.357 e. The average molecular weight is 395 g/mol. The van der Waals surface area contributed by atoms with Crippen LogP contribution in [0, 0.1) is 5.82 Å². The van der Waals surface area contributed by atoms with E-state index in [4.69, 9.17) is 26.8 Å². The second kappa shape index (κ2) is 8.22. The zero-order chi connectivity index (χ0) is 20.3. The minimum Gasteiger partial charge on any atom is -0.494 e. The Morgan fingerprint density at radius 2 is 2.04 bits per heavy atom. The van der Waals surface area contributed by atoms with Crippen molar-refractivity contribution in [2.24, 2.45) is 0 Å². The summed E-state index contributed by atoms with van der Waals surface area (Å²) in [4.78, 5) is 22.0. The van der Waals surface area contributed by atoms with Crippen molar-refractivity contribution in [3.63, 3.8) is 0 Å².